The van der Waals surface area contributed by atoms with Gasteiger partial charge in [-0.1, -0.05) is 20.3 Å². The molecule has 0 radical (unpaired) electrons. The summed E-state index contributed by atoms with van der Waals surface area (Å²) in [6.07, 6.45) is 2.01. The largest absolute Gasteiger partial charge is 0.497 e. The van der Waals surface area contributed by atoms with Crippen molar-refractivity contribution in [2.24, 2.45) is 5.92 Å². The van der Waals surface area contributed by atoms with E-state index >= 15 is 0 Å². The number of carbonyl (C=O) groups is 2. The highest BCUT2D eigenvalue weighted by Gasteiger charge is 2.34. The topological polar surface area (TPSA) is 85.9 Å². The molecule has 0 spiro atoms. The first-order valence-corrected chi connectivity index (χ1v) is 9.08. The highest BCUT2D eigenvalue weighted by atomic mass is 16.5. The number of amides is 2. The van der Waals surface area contributed by atoms with Crippen LogP contribution in [0.4, 0.5) is 4.79 Å². The predicted molar refractivity (Wildman–Crippen MR) is 102 cm³/mol. The number of rotatable bonds is 8. The third kappa shape index (κ3) is 4.93. The minimum absolute atomic E-state index is 0.278. The Morgan fingerprint density at radius 2 is 2.00 bits per heavy atom. The second-order valence-corrected chi connectivity index (χ2v) is 6.67. The van der Waals surface area contributed by atoms with Crippen LogP contribution in [-0.2, 0) is 9.53 Å². The summed E-state index contributed by atoms with van der Waals surface area (Å²) in [4.78, 5) is 24.8. The van der Waals surface area contributed by atoms with Gasteiger partial charge in [-0.05, 0) is 31.4 Å². The first-order chi connectivity index (χ1) is 12.9. The molecule has 1 heterocycles. The third-order valence-corrected chi connectivity index (χ3v) is 4.52. The fourth-order valence-corrected chi connectivity index (χ4v) is 3.13. The van der Waals surface area contributed by atoms with Crippen LogP contribution in [0.15, 0.2) is 29.5 Å². The van der Waals surface area contributed by atoms with E-state index in [1.54, 1.807) is 32.2 Å². The molecule has 7 nitrogen and oxygen atoms in total. The summed E-state index contributed by atoms with van der Waals surface area (Å²) >= 11 is 0. The summed E-state index contributed by atoms with van der Waals surface area (Å²) in [5.74, 6) is 0.957. The maximum absolute atomic E-state index is 12.8. The Labute approximate surface area is 160 Å². The molecule has 0 saturated heterocycles. The average Bonchev–Trinajstić information content (AvgIpc) is 2.65. The van der Waals surface area contributed by atoms with Crippen molar-refractivity contribution < 1.29 is 23.8 Å². The summed E-state index contributed by atoms with van der Waals surface area (Å²) in [6, 6.07) is 4.19. The van der Waals surface area contributed by atoms with E-state index in [0.29, 0.717) is 34.9 Å². The second kappa shape index (κ2) is 9.30. The molecule has 1 aliphatic heterocycles. The van der Waals surface area contributed by atoms with Gasteiger partial charge in [0.15, 0.2) is 0 Å². The number of allylic oxidation sites excluding steroid dienone is 1. The van der Waals surface area contributed by atoms with Gasteiger partial charge in [0, 0.05) is 17.3 Å². The Bertz CT molecular complexity index is 729. The van der Waals surface area contributed by atoms with Gasteiger partial charge in [-0.3, -0.25) is 0 Å². The van der Waals surface area contributed by atoms with Gasteiger partial charge in [0.1, 0.15) is 11.5 Å². The van der Waals surface area contributed by atoms with Crippen LogP contribution < -0.4 is 20.1 Å². The zero-order valence-electron chi connectivity index (χ0n) is 16.5. The van der Waals surface area contributed by atoms with Gasteiger partial charge in [-0.15, -0.1) is 0 Å². The summed E-state index contributed by atoms with van der Waals surface area (Å²) in [5.41, 5.74) is 1.48. The first-order valence-electron chi connectivity index (χ1n) is 9.08. The van der Waals surface area contributed by atoms with Gasteiger partial charge in [0.25, 0.3) is 0 Å². The number of ether oxygens (including phenoxy) is 3. The van der Waals surface area contributed by atoms with Crippen LogP contribution in [0.25, 0.3) is 0 Å². The summed E-state index contributed by atoms with van der Waals surface area (Å²) in [5, 5.41) is 5.44. The van der Waals surface area contributed by atoms with Crippen molar-refractivity contribution in [3.8, 4) is 11.5 Å². The molecule has 1 aromatic rings. The number of esters is 1. The maximum Gasteiger partial charge on any atom is 0.338 e. The maximum atomic E-state index is 12.8. The third-order valence-electron chi connectivity index (χ3n) is 4.52. The van der Waals surface area contributed by atoms with Crippen LogP contribution in [0.2, 0.25) is 0 Å². The zero-order chi connectivity index (χ0) is 20.0. The van der Waals surface area contributed by atoms with E-state index < -0.39 is 12.0 Å². The molecule has 2 rings (SSSR count). The minimum atomic E-state index is -0.673. The van der Waals surface area contributed by atoms with E-state index in [9.17, 15) is 9.59 Å². The Balaban J connectivity index is 2.34. The highest BCUT2D eigenvalue weighted by molar-refractivity contribution is 5.95. The normalized spacial score (nSPS) is 17.7. The predicted octanol–water partition coefficient (Wildman–Crippen LogP) is 3.31. The van der Waals surface area contributed by atoms with Crippen molar-refractivity contribution in [1.29, 1.82) is 0 Å². The Morgan fingerprint density at radius 1 is 1.26 bits per heavy atom. The van der Waals surface area contributed by atoms with Crippen LogP contribution in [0, 0.1) is 5.92 Å². The first kappa shape index (κ1) is 20.6. The summed E-state index contributed by atoms with van der Waals surface area (Å²) < 4.78 is 16.2. The molecule has 0 unspecified atom stereocenters. The smallest absolute Gasteiger partial charge is 0.338 e. The number of benzene rings is 1. The second-order valence-electron chi connectivity index (χ2n) is 6.67. The molecular formula is C20H28N2O5. The number of nitrogens with one attached hydrogen (secondary N) is 2. The molecule has 0 fully saturated rings. The minimum Gasteiger partial charge on any atom is -0.497 e. The SMILES string of the molecule is CCC[C@@H](C)COC(=O)C1=C(C)NC(=O)N[C@H]1c1ccc(OC)cc1OC. The van der Waals surface area contributed by atoms with Gasteiger partial charge in [0.2, 0.25) is 0 Å². The molecule has 2 atom stereocenters. The number of urea groups is 1. The fraction of sp³-hybridized carbons (Fsp3) is 0.500. The Kier molecular flexibility index (Phi) is 7.10. The lowest BCUT2D eigenvalue weighted by atomic mass is 9.94. The molecular weight excluding hydrogens is 348 g/mol. The van der Waals surface area contributed by atoms with Gasteiger partial charge in [-0.2, -0.15) is 0 Å². The molecule has 7 heteroatoms. The van der Waals surface area contributed by atoms with E-state index in [2.05, 4.69) is 17.6 Å². The quantitative estimate of drug-likeness (QED) is 0.680. The molecule has 2 N–H and O–H groups in total. The van der Waals surface area contributed by atoms with Gasteiger partial charge in [-0.25, -0.2) is 9.59 Å². The van der Waals surface area contributed by atoms with Gasteiger partial charge < -0.3 is 24.8 Å². The molecule has 148 valence electrons. The molecule has 1 aliphatic rings. The van der Waals surface area contributed by atoms with E-state index in [-0.39, 0.29) is 11.9 Å². The molecule has 1 aromatic carbocycles. The molecule has 0 bridgehead atoms. The zero-order valence-corrected chi connectivity index (χ0v) is 16.5. The van der Waals surface area contributed by atoms with E-state index in [4.69, 9.17) is 14.2 Å². The van der Waals surface area contributed by atoms with Crippen molar-refractivity contribution in [3.63, 3.8) is 0 Å². The van der Waals surface area contributed by atoms with Crippen molar-refractivity contribution >= 4 is 12.0 Å². The monoisotopic (exact) mass is 376 g/mol. The van der Waals surface area contributed by atoms with E-state index in [1.165, 1.54) is 7.11 Å². The van der Waals surface area contributed by atoms with Crippen LogP contribution >= 0.6 is 0 Å². The number of methoxy groups -OCH3 is 2. The lowest BCUT2D eigenvalue weighted by molar-refractivity contribution is -0.140. The molecule has 0 aromatic heterocycles. The number of carbonyl (C=O) groups excluding carboxylic acids is 2. The molecule has 0 aliphatic carbocycles. The van der Waals surface area contributed by atoms with Crippen molar-refractivity contribution in [3.05, 3.63) is 35.0 Å². The lowest BCUT2D eigenvalue weighted by Gasteiger charge is -2.29. The molecule has 0 saturated carbocycles. The fourth-order valence-electron chi connectivity index (χ4n) is 3.13. The Morgan fingerprint density at radius 3 is 2.63 bits per heavy atom. The van der Waals surface area contributed by atoms with Gasteiger partial charge in [0.05, 0.1) is 32.4 Å². The molecule has 2 amide bonds. The lowest BCUT2D eigenvalue weighted by Crippen LogP contribution is -2.45. The van der Waals surface area contributed by atoms with Crippen LogP contribution in [0.3, 0.4) is 0 Å². The number of hydrogen-bond acceptors (Lipinski definition) is 5. The Hall–Kier alpha value is -2.70. The summed E-state index contributed by atoms with van der Waals surface area (Å²) in [7, 11) is 3.09. The van der Waals surface area contributed by atoms with Crippen molar-refractivity contribution in [1.82, 2.24) is 10.6 Å². The van der Waals surface area contributed by atoms with Crippen LogP contribution in [0.1, 0.15) is 45.2 Å². The highest BCUT2D eigenvalue weighted by Crippen LogP contribution is 2.35. The average molecular weight is 376 g/mol. The van der Waals surface area contributed by atoms with Crippen molar-refractivity contribution in [2.75, 3.05) is 20.8 Å². The number of hydrogen-bond donors (Lipinski definition) is 2. The standard InChI is InChI=1S/C20H28N2O5/c1-6-7-12(2)11-27-19(23)17-13(3)21-20(24)22-18(17)15-9-8-14(25-4)10-16(15)26-5/h8-10,12,18H,6-7,11H2,1-5H3,(H2,21,22,24)/t12-,18+/m1/s1. The van der Waals surface area contributed by atoms with Crippen LogP contribution in [0.5, 0.6) is 11.5 Å². The summed E-state index contributed by atoms with van der Waals surface area (Å²) in [6.45, 7) is 6.16. The van der Waals surface area contributed by atoms with E-state index in [0.717, 1.165) is 12.8 Å². The van der Waals surface area contributed by atoms with Crippen LogP contribution in [-0.4, -0.2) is 32.8 Å². The van der Waals surface area contributed by atoms with E-state index in [1.807, 2.05) is 6.92 Å². The molecule has 27 heavy (non-hydrogen) atoms. The van der Waals surface area contributed by atoms with Gasteiger partial charge >= 0.3 is 12.0 Å². The van der Waals surface area contributed by atoms with Crippen molar-refractivity contribution in [2.45, 2.75) is 39.7 Å².